The number of nitrogens with zero attached hydrogens (tertiary/aromatic N) is 2. The van der Waals surface area contributed by atoms with Gasteiger partial charge in [-0.3, -0.25) is 13.9 Å². The number of rotatable bonds is 10. The minimum atomic E-state index is -4.14. The van der Waals surface area contributed by atoms with Crippen LogP contribution in [0.4, 0.5) is 5.69 Å². The number of carbonyl (C=O) groups is 2. The first-order chi connectivity index (χ1) is 20.0. The predicted octanol–water partition coefficient (Wildman–Crippen LogP) is 6.33. The van der Waals surface area contributed by atoms with E-state index in [4.69, 9.17) is 11.6 Å². The van der Waals surface area contributed by atoms with E-state index >= 15 is 0 Å². The number of sulfonamides is 1. The number of anilines is 1. The van der Waals surface area contributed by atoms with Crippen molar-refractivity contribution in [1.29, 1.82) is 0 Å². The first-order valence-corrected chi connectivity index (χ1v) is 16.3. The van der Waals surface area contributed by atoms with Gasteiger partial charge in [-0.25, -0.2) is 8.42 Å². The molecule has 3 aromatic carbocycles. The standard InChI is InChI=1S/C33H40ClN3O4S/c1-23-14-17-30(18-15-23)42(40,41)37(31-19-16-28(34)20-25(31)3)22-32(38)36(21-27-11-9-8-10-24(27)2)26(4)33(39)35-29-12-6-5-7-13-29/h8-11,14-20,26,29H,5-7,12-13,21-22H2,1-4H3,(H,35,39)/t26-/m0/s1. The lowest BCUT2D eigenvalue weighted by molar-refractivity contribution is -0.139. The molecule has 1 atom stereocenters. The van der Waals surface area contributed by atoms with E-state index in [1.807, 2.05) is 38.1 Å². The molecule has 1 aliphatic carbocycles. The van der Waals surface area contributed by atoms with Crippen LogP contribution in [0.15, 0.2) is 71.6 Å². The fraction of sp³-hybridized carbons (Fsp3) is 0.394. The Morgan fingerprint density at radius 1 is 0.929 bits per heavy atom. The summed E-state index contributed by atoms with van der Waals surface area (Å²) >= 11 is 6.20. The fourth-order valence-corrected chi connectivity index (χ4v) is 7.08. The van der Waals surface area contributed by atoms with Gasteiger partial charge in [0.1, 0.15) is 12.6 Å². The Kier molecular flexibility index (Phi) is 10.3. The minimum Gasteiger partial charge on any atom is -0.352 e. The van der Waals surface area contributed by atoms with E-state index in [0.717, 1.165) is 53.1 Å². The van der Waals surface area contributed by atoms with Crippen molar-refractivity contribution in [2.24, 2.45) is 0 Å². The highest BCUT2D eigenvalue weighted by Gasteiger charge is 2.34. The Morgan fingerprint density at radius 3 is 2.24 bits per heavy atom. The monoisotopic (exact) mass is 609 g/mol. The van der Waals surface area contributed by atoms with Gasteiger partial charge in [0, 0.05) is 17.6 Å². The van der Waals surface area contributed by atoms with Crippen LogP contribution in [0.5, 0.6) is 0 Å². The predicted molar refractivity (Wildman–Crippen MR) is 168 cm³/mol. The van der Waals surface area contributed by atoms with Crippen LogP contribution in [0.3, 0.4) is 0 Å². The van der Waals surface area contributed by atoms with Gasteiger partial charge < -0.3 is 10.2 Å². The number of benzene rings is 3. The maximum absolute atomic E-state index is 14.2. The summed E-state index contributed by atoms with van der Waals surface area (Å²) < 4.78 is 29.2. The third-order valence-electron chi connectivity index (χ3n) is 8.04. The molecule has 42 heavy (non-hydrogen) atoms. The van der Waals surface area contributed by atoms with E-state index in [1.165, 1.54) is 4.90 Å². The van der Waals surface area contributed by atoms with Crippen LogP contribution in [0.25, 0.3) is 0 Å². The molecule has 0 saturated heterocycles. The molecule has 1 fully saturated rings. The molecule has 7 nitrogen and oxygen atoms in total. The van der Waals surface area contributed by atoms with Gasteiger partial charge in [-0.1, -0.05) is 72.8 Å². The van der Waals surface area contributed by atoms with Crippen LogP contribution in [0, 0.1) is 20.8 Å². The van der Waals surface area contributed by atoms with Crippen LogP contribution >= 0.6 is 11.6 Å². The summed E-state index contributed by atoms with van der Waals surface area (Å²) in [4.78, 5) is 29.2. The smallest absolute Gasteiger partial charge is 0.264 e. The topological polar surface area (TPSA) is 86.8 Å². The van der Waals surface area contributed by atoms with Crippen molar-refractivity contribution in [1.82, 2.24) is 10.2 Å². The van der Waals surface area contributed by atoms with Crippen molar-refractivity contribution in [2.45, 2.75) is 83.3 Å². The van der Waals surface area contributed by atoms with Gasteiger partial charge in [-0.15, -0.1) is 0 Å². The van der Waals surface area contributed by atoms with Gasteiger partial charge in [0.2, 0.25) is 11.8 Å². The van der Waals surface area contributed by atoms with E-state index in [2.05, 4.69) is 5.32 Å². The van der Waals surface area contributed by atoms with Gasteiger partial charge in [-0.2, -0.15) is 0 Å². The molecule has 1 aliphatic rings. The average molecular weight is 610 g/mol. The number of carbonyl (C=O) groups excluding carboxylic acids is 2. The molecule has 0 aromatic heterocycles. The zero-order valence-corrected chi connectivity index (χ0v) is 26.3. The third-order valence-corrected chi connectivity index (χ3v) is 10.0. The van der Waals surface area contributed by atoms with E-state index in [-0.39, 0.29) is 23.4 Å². The second kappa shape index (κ2) is 13.7. The summed E-state index contributed by atoms with van der Waals surface area (Å²) in [5.41, 5.74) is 3.75. The van der Waals surface area contributed by atoms with Crippen molar-refractivity contribution in [3.63, 3.8) is 0 Å². The Hall–Kier alpha value is -3.36. The van der Waals surface area contributed by atoms with Crippen molar-refractivity contribution < 1.29 is 18.0 Å². The molecule has 9 heteroatoms. The Morgan fingerprint density at radius 2 is 1.60 bits per heavy atom. The molecule has 0 heterocycles. The molecule has 0 spiro atoms. The summed E-state index contributed by atoms with van der Waals surface area (Å²) in [7, 11) is -4.14. The van der Waals surface area contributed by atoms with Crippen molar-refractivity contribution in [3.8, 4) is 0 Å². The molecular weight excluding hydrogens is 570 g/mol. The van der Waals surface area contributed by atoms with Gasteiger partial charge >= 0.3 is 0 Å². The quantitative estimate of drug-likeness (QED) is 0.291. The molecule has 0 unspecified atom stereocenters. The minimum absolute atomic E-state index is 0.0730. The number of amides is 2. The lowest BCUT2D eigenvalue weighted by atomic mass is 9.95. The summed E-state index contributed by atoms with van der Waals surface area (Å²) in [6.45, 7) is 6.99. The SMILES string of the molecule is Cc1ccc(S(=O)(=O)N(CC(=O)N(Cc2ccccc2C)[C@@H](C)C(=O)NC2CCCCC2)c2ccc(Cl)cc2C)cc1. The molecule has 1 saturated carbocycles. The molecule has 0 bridgehead atoms. The Labute approximate surface area is 254 Å². The second-order valence-electron chi connectivity index (χ2n) is 11.2. The van der Waals surface area contributed by atoms with Crippen LogP contribution in [-0.4, -0.2) is 43.8 Å². The van der Waals surface area contributed by atoms with Gasteiger partial charge in [-0.05, 0) is 87.6 Å². The Bertz CT molecular complexity index is 1520. The molecule has 4 rings (SSSR count). The van der Waals surface area contributed by atoms with E-state index in [1.54, 1.807) is 56.3 Å². The maximum Gasteiger partial charge on any atom is 0.264 e. The normalized spacial score (nSPS) is 14.7. The lowest BCUT2D eigenvalue weighted by Gasteiger charge is -2.34. The van der Waals surface area contributed by atoms with E-state index in [9.17, 15) is 18.0 Å². The van der Waals surface area contributed by atoms with Crippen LogP contribution < -0.4 is 9.62 Å². The number of hydrogen-bond acceptors (Lipinski definition) is 4. The van der Waals surface area contributed by atoms with Gasteiger partial charge in [0.15, 0.2) is 0 Å². The first kappa shape index (κ1) is 31.6. The molecule has 2 amide bonds. The first-order valence-electron chi connectivity index (χ1n) is 14.5. The molecule has 1 N–H and O–H groups in total. The number of halogens is 1. The highest BCUT2D eigenvalue weighted by molar-refractivity contribution is 7.92. The summed E-state index contributed by atoms with van der Waals surface area (Å²) in [6.07, 6.45) is 5.13. The zero-order chi connectivity index (χ0) is 30.4. The van der Waals surface area contributed by atoms with Crippen molar-refractivity contribution in [3.05, 3.63) is 94.0 Å². The highest BCUT2D eigenvalue weighted by atomic mass is 35.5. The highest BCUT2D eigenvalue weighted by Crippen LogP contribution is 2.30. The molecule has 224 valence electrons. The zero-order valence-electron chi connectivity index (χ0n) is 24.8. The Balaban J connectivity index is 1.71. The van der Waals surface area contributed by atoms with Crippen molar-refractivity contribution >= 4 is 39.1 Å². The average Bonchev–Trinajstić information content (AvgIpc) is 2.96. The van der Waals surface area contributed by atoms with E-state index in [0.29, 0.717) is 16.3 Å². The molecule has 3 aromatic rings. The third kappa shape index (κ3) is 7.53. The van der Waals surface area contributed by atoms with Crippen molar-refractivity contribution in [2.75, 3.05) is 10.8 Å². The van der Waals surface area contributed by atoms with Gasteiger partial charge in [0.05, 0.1) is 10.6 Å². The fourth-order valence-electron chi connectivity index (χ4n) is 5.37. The van der Waals surface area contributed by atoms with Crippen LogP contribution in [0.1, 0.15) is 61.3 Å². The summed E-state index contributed by atoms with van der Waals surface area (Å²) in [5.74, 6) is -0.714. The molecular formula is C33H40ClN3O4S. The maximum atomic E-state index is 14.2. The number of nitrogens with one attached hydrogen (secondary N) is 1. The number of hydrogen-bond donors (Lipinski definition) is 1. The van der Waals surface area contributed by atoms with Gasteiger partial charge in [0.25, 0.3) is 10.0 Å². The summed E-state index contributed by atoms with van der Waals surface area (Å²) in [6, 6.07) is 18.4. The number of aryl methyl sites for hydroxylation is 3. The molecule has 0 aliphatic heterocycles. The largest absolute Gasteiger partial charge is 0.352 e. The van der Waals surface area contributed by atoms with E-state index < -0.39 is 28.5 Å². The van der Waals surface area contributed by atoms with Crippen LogP contribution in [0.2, 0.25) is 5.02 Å². The lowest BCUT2D eigenvalue weighted by Crippen LogP contribution is -2.53. The van der Waals surface area contributed by atoms with Crippen LogP contribution in [-0.2, 0) is 26.2 Å². The second-order valence-corrected chi connectivity index (χ2v) is 13.5. The summed E-state index contributed by atoms with van der Waals surface area (Å²) in [5, 5.41) is 3.60. The molecule has 0 radical (unpaired) electrons.